The topological polar surface area (TPSA) is 92.4 Å². The predicted octanol–water partition coefficient (Wildman–Crippen LogP) is -0.192. The largest absolute Gasteiger partial charge is 0.481 e. The highest BCUT2D eigenvalue weighted by molar-refractivity contribution is 5.77. The van der Waals surface area contributed by atoms with Crippen molar-refractivity contribution in [3.8, 4) is 0 Å². The highest BCUT2D eigenvalue weighted by Gasteiger charge is 2.13. The van der Waals surface area contributed by atoms with E-state index in [0.29, 0.717) is 13.0 Å². The normalized spacial score (nSPS) is 14.5. The van der Waals surface area contributed by atoms with E-state index in [0.717, 1.165) is 0 Å². The second-order valence-corrected chi connectivity index (χ2v) is 3.59. The van der Waals surface area contributed by atoms with Crippen molar-refractivity contribution < 1.29 is 14.7 Å². The van der Waals surface area contributed by atoms with Crippen molar-refractivity contribution >= 4 is 11.9 Å². The summed E-state index contributed by atoms with van der Waals surface area (Å²) < 4.78 is 0. The van der Waals surface area contributed by atoms with E-state index in [4.69, 9.17) is 10.8 Å². The third-order valence-electron chi connectivity index (χ3n) is 1.96. The monoisotopic (exact) mass is 202 g/mol. The molecule has 2 unspecified atom stereocenters. The van der Waals surface area contributed by atoms with E-state index in [2.05, 4.69) is 5.32 Å². The quantitative estimate of drug-likeness (QED) is 0.556. The fourth-order valence-electron chi connectivity index (χ4n) is 0.826. The average Bonchev–Trinajstić information content (AvgIpc) is 2.13. The molecule has 0 aromatic carbocycles. The maximum atomic E-state index is 11.2. The van der Waals surface area contributed by atoms with Gasteiger partial charge in [-0.05, 0) is 12.5 Å². The lowest BCUT2D eigenvalue weighted by molar-refractivity contribution is -0.141. The number of carboxylic acids is 1. The highest BCUT2D eigenvalue weighted by atomic mass is 16.4. The third-order valence-corrected chi connectivity index (χ3v) is 1.96. The van der Waals surface area contributed by atoms with Gasteiger partial charge in [0.15, 0.2) is 0 Å². The maximum absolute atomic E-state index is 11.2. The van der Waals surface area contributed by atoms with Gasteiger partial charge in [-0.2, -0.15) is 0 Å². The molecule has 0 fully saturated rings. The Kier molecular flexibility index (Phi) is 5.87. The maximum Gasteiger partial charge on any atom is 0.308 e. The Hall–Kier alpha value is -1.10. The van der Waals surface area contributed by atoms with Crippen molar-refractivity contribution in [3.63, 3.8) is 0 Å². The minimum Gasteiger partial charge on any atom is -0.481 e. The van der Waals surface area contributed by atoms with E-state index in [1.54, 1.807) is 6.92 Å². The smallest absolute Gasteiger partial charge is 0.308 e. The molecule has 5 nitrogen and oxygen atoms in total. The van der Waals surface area contributed by atoms with E-state index in [1.165, 1.54) is 0 Å². The number of hydrogen-bond donors (Lipinski definition) is 3. The van der Waals surface area contributed by atoms with Crippen LogP contribution >= 0.6 is 0 Å². The molecule has 0 bridgehead atoms. The van der Waals surface area contributed by atoms with Crippen LogP contribution in [-0.2, 0) is 9.59 Å². The molecule has 0 heterocycles. The molecule has 82 valence electrons. The summed E-state index contributed by atoms with van der Waals surface area (Å²) in [7, 11) is 0. The zero-order valence-electron chi connectivity index (χ0n) is 8.62. The van der Waals surface area contributed by atoms with Crippen molar-refractivity contribution in [1.82, 2.24) is 5.32 Å². The van der Waals surface area contributed by atoms with Crippen molar-refractivity contribution in [2.75, 3.05) is 13.1 Å². The van der Waals surface area contributed by atoms with E-state index in [-0.39, 0.29) is 18.4 Å². The molecule has 14 heavy (non-hydrogen) atoms. The minimum absolute atomic E-state index is 0.134. The van der Waals surface area contributed by atoms with E-state index < -0.39 is 11.9 Å². The molecule has 0 spiro atoms. The molecular formula is C9H18N2O3. The molecular weight excluding hydrogens is 184 g/mol. The van der Waals surface area contributed by atoms with Crippen LogP contribution in [0.3, 0.4) is 0 Å². The molecule has 4 N–H and O–H groups in total. The van der Waals surface area contributed by atoms with Crippen LogP contribution in [0.1, 0.15) is 20.3 Å². The summed E-state index contributed by atoms with van der Waals surface area (Å²) in [4.78, 5) is 21.6. The van der Waals surface area contributed by atoms with Gasteiger partial charge >= 0.3 is 5.97 Å². The van der Waals surface area contributed by atoms with Crippen LogP contribution in [0.15, 0.2) is 0 Å². The first-order valence-electron chi connectivity index (χ1n) is 4.67. The van der Waals surface area contributed by atoms with Gasteiger partial charge in [0.1, 0.15) is 0 Å². The SMILES string of the molecule is CC(CN)CC(=O)NCC(C)C(=O)O. The van der Waals surface area contributed by atoms with Crippen molar-refractivity contribution in [3.05, 3.63) is 0 Å². The van der Waals surface area contributed by atoms with Gasteiger partial charge in [0.05, 0.1) is 5.92 Å². The van der Waals surface area contributed by atoms with Crippen LogP contribution in [0.2, 0.25) is 0 Å². The lowest BCUT2D eigenvalue weighted by atomic mass is 10.1. The lowest BCUT2D eigenvalue weighted by Gasteiger charge is -2.10. The van der Waals surface area contributed by atoms with Crippen LogP contribution in [0, 0.1) is 11.8 Å². The van der Waals surface area contributed by atoms with Gasteiger partial charge in [-0.1, -0.05) is 13.8 Å². The molecule has 2 atom stereocenters. The van der Waals surface area contributed by atoms with Crippen LogP contribution in [0.5, 0.6) is 0 Å². The van der Waals surface area contributed by atoms with Gasteiger partial charge in [-0.3, -0.25) is 9.59 Å². The molecule has 0 rings (SSSR count). The number of hydrogen-bond acceptors (Lipinski definition) is 3. The van der Waals surface area contributed by atoms with Crippen LogP contribution < -0.4 is 11.1 Å². The number of carbonyl (C=O) groups excluding carboxylic acids is 1. The van der Waals surface area contributed by atoms with Gasteiger partial charge in [-0.15, -0.1) is 0 Å². The first-order valence-corrected chi connectivity index (χ1v) is 4.67. The summed E-state index contributed by atoms with van der Waals surface area (Å²) >= 11 is 0. The molecule has 5 heteroatoms. The van der Waals surface area contributed by atoms with Gasteiger partial charge in [0, 0.05) is 13.0 Å². The Morgan fingerprint density at radius 3 is 2.43 bits per heavy atom. The molecule has 0 radical (unpaired) electrons. The Bertz CT molecular complexity index is 206. The van der Waals surface area contributed by atoms with E-state index in [1.807, 2.05) is 6.92 Å². The summed E-state index contributed by atoms with van der Waals surface area (Å²) in [6.07, 6.45) is 0.350. The summed E-state index contributed by atoms with van der Waals surface area (Å²) in [6.45, 7) is 4.06. The fraction of sp³-hybridized carbons (Fsp3) is 0.778. The molecule has 0 aliphatic carbocycles. The average molecular weight is 202 g/mol. The third kappa shape index (κ3) is 5.53. The Balaban J connectivity index is 3.69. The molecule has 0 saturated heterocycles. The van der Waals surface area contributed by atoms with Gasteiger partial charge in [0.25, 0.3) is 0 Å². The second kappa shape index (κ2) is 6.37. The Morgan fingerprint density at radius 2 is 2.00 bits per heavy atom. The molecule has 0 saturated carbocycles. The molecule has 0 aliphatic rings. The number of nitrogens with one attached hydrogen (secondary N) is 1. The molecule has 1 amide bonds. The first-order chi connectivity index (χ1) is 6.47. The summed E-state index contributed by atoms with van der Waals surface area (Å²) in [5.41, 5.74) is 5.35. The Labute approximate surface area is 83.7 Å². The Morgan fingerprint density at radius 1 is 1.43 bits per heavy atom. The standard InChI is InChI=1S/C9H18N2O3/c1-6(4-10)3-8(12)11-5-7(2)9(13)14/h6-7H,3-5,10H2,1-2H3,(H,11,12)(H,13,14). The van der Waals surface area contributed by atoms with Gasteiger partial charge < -0.3 is 16.2 Å². The lowest BCUT2D eigenvalue weighted by Crippen LogP contribution is -2.33. The summed E-state index contributed by atoms with van der Waals surface area (Å²) in [5.74, 6) is -1.46. The van der Waals surface area contributed by atoms with Crippen molar-refractivity contribution in [2.45, 2.75) is 20.3 Å². The van der Waals surface area contributed by atoms with Gasteiger partial charge in [0.2, 0.25) is 5.91 Å². The van der Waals surface area contributed by atoms with E-state index >= 15 is 0 Å². The van der Waals surface area contributed by atoms with Crippen LogP contribution in [0.25, 0.3) is 0 Å². The fourth-order valence-corrected chi connectivity index (χ4v) is 0.826. The number of rotatable bonds is 6. The zero-order valence-corrected chi connectivity index (χ0v) is 8.62. The molecule has 0 aromatic heterocycles. The number of amides is 1. The number of carboxylic acid groups (broad SMARTS) is 1. The van der Waals surface area contributed by atoms with Crippen molar-refractivity contribution in [2.24, 2.45) is 17.6 Å². The molecule has 0 aliphatic heterocycles. The van der Waals surface area contributed by atoms with E-state index in [9.17, 15) is 9.59 Å². The number of nitrogens with two attached hydrogens (primary N) is 1. The van der Waals surface area contributed by atoms with Gasteiger partial charge in [-0.25, -0.2) is 0 Å². The second-order valence-electron chi connectivity index (χ2n) is 3.59. The predicted molar refractivity (Wildman–Crippen MR) is 52.6 cm³/mol. The summed E-state index contributed by atoms with van der Waals surface area (Å²) in [6, 6.07) is 0. The number of aliphatic carboxylic acids is 1. The number of carbonyl (C=O) groups is 2. The zero-order chi connectivity index (χ0) is 11.1. The minimum atomic E-state index is -0.905. The van der Waals surface area contributed by atoms with Crippen LogP contribution in [0.4, 0.5) is 0 Å². The van der Waals surface area contributed by atoms with Crippen LogP contribution in [-0.4, -0.2) is 30.1 Å². The highest BCUT2D eigenvalue weighted by Crippen LogP contribution is 1.99. The molecule has 0 aromatic rings. The first kappa shape index (κ1) is 12.9. The summed E-state index contributed by atoms with van der Waals surface area (Å²) in [5, 5.41) is 11.1. The van der Waals surface area contributed by atoms with Crippen molar-refractivity contribution in [1.29, 1.82) is 0 Å².